The van der Waals surface area contributed by atoms with Crippen LogP contribution >= 0.6 is 0 Å². The zero-order valence-electron chi connectivity index (χ0n) is 10.9. The van der Waals surface area contributed by atoms with Crippen LogP contribution in [0.15, 0.2) is 18.2 Å². The minimum absolute atomic E-state index is 0.0675. The molecule has 1 rings (SSSR count). The molecule has 17 heavy (non-hydrogen) atoms. The van der Waals surface area contributed by atoms with Crippen LogP contribution in [-0.2, 0) is 6.54 Å². The molecule has 0 amide bonds. The largest absolute Gasteiger partial charge is 0.396 e. The average Bonchev–Trinajstić information content (AvgIpc) is 2.23. The van der Waals surface area contributed by atoms with Crippen LogP contribution in [0.3, 0.4) is 0 Å². The molecule has 0 spiro atoms. The van der Waals surface area contributed by atoms with Gasteiger partial charge in [-0.2, -0.15) is 0 Å². The van der Waals surface area contributed by atoms with E-state index in [1.165, 1.54) is 0 Å². The summed E-state index contributed by atoms with van der Waals surface area (Å²) in [6.45, 7) is 7.64. The van der Waals surface area contributed by atoms with Gasteiger partial charge in [-0.05, 0) is 36.0 Å². The number of aryl methyl sites for hydroxylation is 1. The van der Waals surface area contributed by atoms with Crippen molar-refractivity contribution in [2.24, 2.45) is 5.41 Å². The lowest BCUT2D eigenvalue weighted by Gasteiger charge is -2.24. The van der Waals surface area contributed by atoms with E-state index in [-0.39, 0.29) is 17.8 Å². The Hall–Kier alpha value is -0.930. The predicted octanol–water partition coefficient (Wildman–Crippen LogP) is 2.63. The maximum atomic E-state index is 13.3. The van der Waals surface area contributed by atoms with Crippen molar-refractivity contribution in [1.29, 1.82) is 0 Å². The second kappa shape index (κ2) is 6.12. The molecule has 3 heteroatoms. The summed E-state index contributed by atoms with van der Waals surface area (Å²) in [7, 11) is 0. The Labute approximate surface area is 103 Å². The van der Waals surface area contributed by atoms with Crippen LogP contribution < -0.4 is 5.32 Å². The Bertz CT molecular complexity index is 363. The van der Waals surface area contributed by atoms with Gasteiger partial charge in [-0.3, -0.25) is 0 Å². The van der Waals surface area contributed by atoms with Crippen molar-refractivity contribution in [1.82, 2.24) is 5.32 Å². The molecule has 0 aliphatic rings. The van der Waals surface area contributed by atoms with E-state index >= 15 is 0 Å². The van der Waals surface area contributed by atoms with Gasteiger partial charge >= 0.3 is 0 Å². The van der Waals surface area contributed by atoms with Gasteiger partial charge in [-0.15, -0.1) is 0 Å². The summed E-state index contributed by atoms with van der Waals surface area (Å²) in [5, 5.41) is 12.2. The van der Waals surface area contributed by atoms with Gasteiger partial charge < -0.3 is 10.4 Å². The molecule has 0 saturated carbocycles. The molecule has 0 saturated heterocycles. The van der Waals surface area contributed by atoms with Gasteiger partial charge in [0.15, 0.2) is 0 Å². The van der Waals surface area contributed by atoms with Crippen molar-refractivity contribution >= 4 is 0 Å². The number of aliphatic hydroxyl groups excluding tert-OH is 1. The van der Waals surface area contributed by atoms with Crippen LogP contribution in [-0.4, -0.2) is 18.3 Å². The molecule has 2 nitrogen and oxygen atoms in total. The van der Waals surface area contributed by atoms with Crippen molar-refractivity contribution in [2.75, 3.05) is 13.2 Å². The molecule has 1 aromatic carbocycles. The highest BCUT2D eigenvalue weighted by molar-refractivity contribution is 5.23. The fourth-order valence-electron chi connectivity index (χ4n) is 1.68. The number of aliphatic hydroxyl groups is 1. The molecule has 0 bridgehead atoms. The van der Waals surface area contributed by atoms with Crippen LogP contribution in [0.5, 0.6) is 0 Å². The van der Waals surface area contributed by atoms with Gasteiger partial charge in [-0.25, -0.2) is 4.39 Å². The van der Waals surface area contributed by atoms with E-state index < -0.39 is 0 Å². The SMILES string of the molecule is Cc1ccc(CNCC(C)(C)CCO)cc1F. The molecule has 0 unspecified atom stereocenters. The predicted molar refractivity (Wildman–Crippen MR) is 68.3 cm³/mol. The first-order valence-corrected chi connectivity index (χ1v) is 6.01. The van der Waals surface area contributed by atoms with E-state index in [9.17, 15) is 4.39 Å². The molecular weight excluding hydrogens is 217 g/mol. The highest BCUT2D eigenvalue weighted by Gasteiger charge is 2.16. The smallest absolute Gasteiger partial charge is 0.126 e. The van der Waals surface area contributed by atoms with Gasteiger partial charge in [-0.1, -0.05) is 26.0 Å². The third-order valence-corrected chi connectivity index (χ3v) is 2.96. The lowest BCUT2D eigenvalue weighted by molar-refractivity contribution is 0.207. The molecule has 0 heterocycles. The number of rotatable bonds is 6. The zero-order chi connectivity index (χ0) is 12.9. The molecule has 0 radical (unpaired) electrons. The van der Waals surface area contributed by atoms with Crippen LogP contribution in [0.1, 0.15) is 31.4 Å². The van der Waals surface area contributed by atoms with Crippen molar-refractivity contribution in [3.8, 4) is 0 Å². The monoisotopic (exact) mass is 239 g/mol. The fourth-order valence-corrected chi connectivity index (χ4v) is 1.68. The zero-order valence-corrected chi connectivity index (χ0v) is 10.9. The van der Waals surface area contributed by atoms with Gasteiger partial charge in [0.25, 0.3) is 0 Å². The second-order valence-corrected chi connectivity index (χ2v) is 5.32. The molecule has 1 aromatic rings. The molecular formula is C14H22FNO. The lowest BCUT2D eigenvalue weighted by Crippen LogP contribution is -2.29. The highest BCUT2D eigenvalue weighted by atomic mass is 19.1. The van der Waals surface area contributed by atoms with E-state index in [0.29, 0.717) is 12.1 Å². The van der Waals surface area contributed by atoms with Crippen molar-refractivity contribution in [3.63, 3.8) is 0 Å². The van der Waals surface area contributed by atoms with Crippen molar-refractivity contribution in [2.45, 2.75) is 33.7 Å². The van der Waals surface area contributed by atoms with E-state index in [2.05, 4.69) is 19.2 Å². The summed E-state index contributed by atoms with van der Waals surface area (Å²) in [4.78, 5) is 0. The third-order valence-electron chi connectivity index (χ3n) is 2.96. The van der Waals surface area contributed by atoms with Crippen molar-refractivity contribution < 1.29 is 9.50 Å². The first kappa shape index (κ1) is 14.1. The molecule has 0 aliphatic heterocycles. The fraction of sp³-hybridized carbons (Fsp3) is 0.571. The third kappa shape index (κ3) is 4.84. The van der Waals surface area contributed by atoms with Gasteiger partial charge in [0, 0.05) is 19.7 Å². The number of nitrogens with one attached hydrogen (secondary N) is 1. The maximum absolute atomic E-state index is 13.3. The summed E-state index contributed by atoms with van der Waals surface area (Å²) in [6.07, 6.45) is 0.766. The lowest BCUT2D eigenvalue weighted by atomic mass is 9.90. The first-order valence-electron chi connectivity index (χ1n) is 6.01. The number of hydrogen-bond acceptors (Lipinski definition) is 2. The topological polar surface area (TPSA) is 32.3 Å². The summed E-state index contributed by atoms with van der Waals surface area (Å²) in [5.41, 5.74) is 1.69. The highest BCUT2D eigenvalue weighted by Crippen LogP contribution is 2.18. The van der Waals surface area contributed by atoms with E-state index in [4.69, 9.17) is 5.11 Å². The van der Waals surface area contributed by atoms with Crippen LogP contribution in [0.2, 0.25) is 0 Å². The number of halogens is 1. The standard InChI is InChI=1S/C14H22FNO/c1-11-4-5-12(8-13(11)15)9-16-10-14(2,3)6-7-17/h4-5,8,16-17H,6-7,9-10H2,1-3H3. The van der Waals surface area contributed by atoms with Gasteiger partial charge in [0.05, 0.1) is 0 Å². The quantitative estimate of drug-likeness (QED) is 0.800. The minimum Gasteiger partial charge on any atom is -0.396 e. The maximum Gasteiger partial charge on any atom is 0.126 e. The Morgan fingerprint density at radius 2 is 2.06 bits per heavy atom. The molecule has 2 N–H and O–H groups in total. The average molecular weight is 239 g/mol. The normalized spacial score (nSPS) is 11.8. The molecule has 0 aromatic heterocycles. The summed E-state index contributed by atoms with van der Waals surface area (Å²) < 4.78 is 13.3. The Morgan fingerprint density at radius 1 is 1.35 bits per heavy atom. The Balaban J connectivity index is 2.43. The Kier molecular flexibility index (Phi) is 5.09. The molecule has 96 valence electrons. The van der Waals surface area contributed by atoms with Gasteiger partial charge in [0.1, 0.15) is 5.82 Å². The van der Waals surface area contributed by atoms with Crippen LogP contribution in [0.25, 0.3) is 0 Å². The van der Waals surface area contributed by atoms with E-state index in [1.54, 1.807) is 19.1 Å². The molecule has 0 atom stereocenters. The molecule has 0 fully saturated rings. The number of hydrogen-bond donors (Lipinski definition) is 2. The van der Waals surface area contributed by atoms with Crippen molar-refractivity contribution in [3.05, 3.63) is 35.1 Å². The first-order chi connectivity index (χ1) is 7.94. The van der Waals surface area contributed by atoms with E-state index in [0.717, 1.165) is 18.5 Å². The van der Waals surface area contributed by atoms with E-state index in [1.807, 2.05) is 6.07 Å². The second-order valence-electron chi connectivity index (χ2n) is 5.32. The van der Waals surface area contributed by atoms with Gasteiger partial charge in [0.2, 0.25) is 0 Å². The molecule has 0 aliphatic carbocycles. The Morgan fingerprint density at radius 3 is 2.65 bits per heavy atom. The van der Waals surface area contributed by atoms with Crippen LogP contribution in [0.4, 0.5) is 4.39 Å². The summed E-state index contributed by atoms with van der Waals surface area (Å²) in [5.74, 6) is -0.154. The summed E-state index contributed by atoms with van der Waals surface area (Å²) in [6, 6.07) is 5.30. The van der Waals surface area contributed by atoms with Crippen LogP contribution in [0, 0.1) is 18.2 Å². The minimum atomic E-state index is -0.154. The number of benzene rings is 1. The summed E-state index contributed by atoms with van der Waals surface area (Å²) >= 11 is 0.